The Kier molecular flexibility index (Phi) is 46.5. The molecule has 132 heavy (non-hydrogen) atoms. The van der Waals surface area contributed by atoms with Crippen molar-refractivity contribution < 1.29 is 0 Å². The van der Waals surface area contributed by atoms with Gasteiger partial charge in [-0.25, -0.2) is 0 Å². The van der Waals surface area contributed by atoms with Gasteiger partial charge in [0.25, 0.3) is 0 Å². The second kappa shape index (κ2) is 57.6. The van der Waals surface area contributed by atoms with Gasteiger partial charge in [-0.15, -0.1) is 9.24 Å². The van der Waals surface area contributed by atoms with Gasteiger partial charge in [0.1, 0.15) is 0 Å². The largest absolute Gasteiger partial charge is 0.372 e. The Labute approximate surface area is 800 Å². The number of amidine groups is 6. The molecule has 2 aliphatic carbocycles. The molecule has 2 aliphatic rings. The van der Waals surface area contributed by atoms with Gasteiger partial charge in [0, 0.05) is 60.3 Å². The van der Waals surface area contributed by atoms with Crippen molar-refractivity contribution in [2.75, 3.05) is 16.0 Å². The molecule has 0 amide bonds. The van der Waals surface area contributed by atoms with Gasteiger partial charge in [0.05, 0.1) is 80.0 Å². The molecule has 10 aromatic rings. The number of aryl methyl sites for hydroxylation is 10. The van der Waals surface area contributed by atoms with Crippen molar-refractivity contribution in [2.24, 2.45) is 45.9 Å². The molecule has 0 radical (unpaired) electrons. The Morgan fingerprint density at radius 3 is 0.955 bits per heavy atom. The standard InChI is InChI=1S/C34H43N3.C30H38N3P.C28H34N4.C18H30N4.C6H13P/c1-24-13-11-14-25(2)33(24)36-28(5)35-23-31-20-10-9-17-29(31)21-22-32(30-18-7-6-8-19-30)37-34-26(3)15-12-16-27(34)4;1-23(2)32-25(5)31-22-27-15-13-12-14-26(27)20-21-30(33-24(3)4)34(28-16-8-6-9-17-28)29-18-10-7-11-19-29;1-19-10-7-11-20(2)27(19)31-23(5)29-17-25-14-9-15-26(16-25)18-30-24(6)32-28-21(3)12-8-13-22(28)4;1-13(2)21-15(5)19-11-17-8-7-9-18(10-17)12-20-16(6)22-14(3)4;7-6-4-2-1-3-5-6/h9-17,20,30H,6-8,18-19,21-23H2,1-5H3,(H,35,36);6-19,23-24H,20-22H2,1-5H3,(H,31,32);7-16H,17-18H2,1-6H3,(H,29,31)(H,30,32);7-10,13-14H,11-12H2,1-6H3,(H,19,21)(H,20,22);6H,1-5,7H2. The van der Waals surface area contributed by atoms with Crippen LogP contribution in [0.2, 0.25) is 0 Å². The van der Waals surface area contributed by atoms with E-state index in [1.165, 1.54) is 181 Å². The molecule has 12 rings (SSSR count). The molecule has 2 fully saturated rings. The molecular weight excluding hydrogens is 1650 g/mol. The molecule has 0 saturated heterocycles. The van der Waals surface area contributed by atoms with Crippen LogP contribution < -0.4 is 42.5 Å². The molecule has 14 nitrogen and oxygen atoms in total. The maximum absolute atomic E-state index is 5.34. The fourth-order valence-electron chi connectivity index (χ4n) is 16.6. The van der Waals surface area contributed by atoms with Gasteiger partial charge >= 0.3 is 0 Å². The molecule has 16 heteroatoms. The van der Waals surface area contributed by atoms with Gasteiger partial charge < -0.3 is 31.9 Å². The molecule has 2 saturated carbocycles. The normalized spacial score (nSPS) is 13.9. The molecule has 0 bridgehead atoms. The number of hydrogen-bond acceptors (Lipinski definition) is 8. The summed E-state index contributed by atoms with van der Waals surface area (Å²) in [4.78, 5) is 38.8. The summed E-state index contributed by atoms with van der Waals surface area (Å²) in [6.07, 6.45) is 17.8. The van der Waals surface area contributed by atoms with Crippen molar-refractivity contribution in [1.82, 2.24) is 16.0 Å². The van der Waals surface area contributed by atoms with Crippen molar-refractivity contribution in [3.8, 4) is 0 Å². The first-order valence-electron chi connectivity index (χ1n) is 48.5. The first kappa shape index (κ1) is 107. The minimum absolute atomic E-state index is 0.261. The summed E-state index contributed by atoms with van der Waals surface area (Å²) in [6, 6.07) is 83.2. The van der Waals surface area contributed by atoms with Crippen molar-refractivity contribution >= 4 is 96.7 Å². The lowest BCUT2D eigenvalue weighted by atomic mass is 9.83. The number of para-hydroxylation sites is 4. The van der Waals surface area contributed by atoms with E-state index in [0.717, 1.165) is 83.4 Å². The van der Waals surface area contributed by atoms with Crippen molar-refractivity contribution in [2.45, 2.75) is 311 Å². The zero-order chi connectivity index (χ0) is 95.3. The summed E-state index contributed by atoms with van der Waals surface area (Å²) in [5, 5.41) is 23.2. The number of hydrogen-bond donors (Lipinski definition) is 6. The summed E-state index contributed by atoms with van der Waals surface area (Å²) in [5.74, 6) is 6.35. The number of aliphatic imine (C=N–C) groups is 8. The van der Waals surface area contributed by atoms with Crippen LogP contribution in [-0.4, -0.2) is 76.0 Å². The molecule has 0 aromatic heterocycles. The predicted octanol–water partition coefficient (Wildman–Crippen LogP) is 28.4. The maximum Gasteiger partial charge on any atom is 0.0979 e. The first-order valence-corrected chi connectivity index (χ1v) is 50.5. The third kappa shape index (κ3) is 38.8. The van der Waals surface area contributed by atoms with Crippen LogP contribution in [0.1, 0.15) is 263 Å². The van der Waals surface area contributed by atoms with Crippen LogP contribution in [-0.2, 0) is 52.1 Å². The number of nitrogens with zero attached hydrogens (tertiary/aromatic N) is 8. The molecule has 10 aromatic carbocycles. The summed E-state index contributed by atoms with van der Waals surface area (Å²) < 4.78 is 0. The highest BCUT2D eigenvalue weighted by Gasteiger charge is 2.24. The molecule has 1 atom stereocenters. The summed E-state index contributed by atoms with van der Waals surface area (Å²) >= 11 is 0. The van der Waals surface area contributed by atoms with Crippen LogP contribution in [0.3, 0.4) is 0 Å². The van der Waals surface area contributed by atoms with E-state index in [4.69, 9.17) is 30.0 Å². The van der Waals surface area contributed by atoms with E-state index in [2.05, 4.69) is 399 Å². The zero-order valence-electron chi connectivity index (χ0n) is 84.1. The first-order chi connectivity index (χ1) is 63.4. The Morgan fingerprint density at radius 2 is 0.621 bits per heavy atom. The smallest absolute Gasteiger partial charge is 0.0979 e. The average Bonchev–Trinajstić information content (AvgIpc) is 0.808. The van der Waals surface area contributed by atoms with E-state index in [0.29, 0.717) is 63.3 Å². The van der Waals surface area contributed by atoms with Crippen LogP contribution in [0.25, 0.3) is 0 Å². The minimum Gasteiger partial charge on any atom is -0.372 e. The third-order valence-electron chi connectivity index (χ3n) is 23.4. The summed E-state index contributed by atoms with van der Waals surface area (Å²) in [5.41, 5.74) is 28.3. The highest BCUT2D eigenvalue weighted by Crippen LogP contribution is 2.39. The minimum atomic E-state index is -0.668. The Bertz CT molecular complexity index is 5180. The van der Waals surface area contributed by atoms with Gasteiger partial charge in [0.2, 0.25) is 0 Å². The molecule has 0 aliphatic heterocycles. The van der Waals surface area contributed by atoms with E-state index < -0.39 is 7.92 Å². The highest BCUT2D eigenvalue weighted by molar-refractivity contribution is 7.88. The molecular formula is C116H158N14P2. The lowest BCUT2D eigenvalue weighted by Gasteiger charge is -2.24. The van der Waals surface area contributed by atoms with E-state index in [-0.39, 0.29) is 6.04 Å². The van der Waals surface area contributed by atoms with E-state index in [9.17, 15) is 0 Å². The Balaban J connectivity index is 0.000000214. The zero-order valence-corrected chi connectivity index (χ0v) is 86.2. The topological polar surface area (TPSA) is 171 Å². The predicted molar refractivity (Wildman–Crippen MR) is 585 cm³/mol. The number of benzene rings is 10. The van der Waals surface area contributed by atoms with Crippen LogP contribution in [0.4, 0.5) is 22.7 Å². The number of nitrogens with one attached hydrogen (secondary N) is 6. The van der Waals surface area contributed by atoms with E-state index in [1.54, 1.807) is 0 Å². The Morgan fingerprint density at radius 1 is 0.326 bits per heavy atom. The van der Waals surface area contributed by atoms with E-state index in [1.807, 2.05) is 34.6 Å². The van der Waals surface area contributed by atoms with Gasteiger partial charge in [-0.1, -0.05) is 269 Å². The van der Waals surface area contributed by atoms with E-state index >= 15 is 0 Å². The van der Waals surface area contributed by atoms with Crippen molar-refractivity contribution in [3.05, 3.63) is 320 Å². The van der Waals surface area contributed by atoms with Crippen LogP contribution >= 0.6 is 17.2 Å². The summed E-state index contributed by atoms with van der Waals surface area (Å²) in [6.45, 7) is 50.4. The van der Waals surface area contributed by atoms with Gasteiger partial charge in [0.15, 0.2) is 0 Å². The van der Waals surface area contributed by atoms with Gasteiger partial charge in [-0.3, -0.25) is 39.9 Å². The third-order valence-corrected chi connectivity index (χ3v) is 26.6. The second-order valence-electron chi connectivity index (χ2n) is 36.9. The van der Waals surface area contributed by atoms with Crippen LogP contribution in [0, 0.1) is 61.3 Å². The SMILES string of the molecule is CC(=NCc1cccc(CN=C(C)NC(C)C)c1)NC(C)C.CC(=NCc1cccc(CN=C(C)Nc2c(C)cccc2C)c1)Nc1c(C)cccc1C.CC(=NCc1ccccc1CCC(=NC(C)C)P(c1ccccc1)c1ccccc1)NC(C)C.CC(=NCc1ccccc1CCC(=Nc1c(C)cccc1C)C1CCCCC1)Nc1c(C)cccc1C.PC1CCCCC1. The monoisotopic (exact) mass is 1810 g/mol. The fourth-order valence-corrected chi connectivity index (χ4v) is 19.6. The van der Waals surface area contributed by atoms with Gasteiger partial charge in [-0.2, -0.15) is 0 Å². The van der Waals surface area contributed by atoms with Crippen LogP contribution in [0.5, 0.6) is 0 Å². The van der Waals surface area contributed by atoms with Gasteiger partial charge in [-0.05, 0) is 315 Å². The quantitative estimate of drug-likeness (QED) is 0.0149. The van der Waals surface area contributed by atoms with Crippen molar-refractivity contribution in [3.63, 3.8) is 0 Å². The molecule has 0 heterocycles. The second-order valence-corrected chi connectivity index (χ2v) is 40.0. The molecule has 1 unspecified atom stereocenters. The number of anilines is 3. The highest BCUT2D eigenvalue weighted by atomic mass is 31.1. The Hall–Kier alpha value is -10.8. The number of rotatable bonds is 30. The lowest BCUT2D eigenvalue weighted by Crippen LogP contribution is -2.28. The molecule has 6 N–H and O–H groups in total. The average molecular weight is 1810 g/mol. The van der Waals surface area contributed by atoms with Crippen molar-refractivity contribution in [1.29, 1.82) is 0 Å². The molecule has 0 spiro atoms. The fraction of sp³-hybridized carbons (Fsp3) is 0.414. The lowest BCUT2D eigenvalue weighted by molar-refractivity contribution is 0.435. The molecule has 702 valence electrons. The van der Waals surface area contributed by atoms with Crippen LogP contribution in [0.15, 0.2) is 270 Å². The maximum atomic E-state index is 5.34. The summed E-state index contributed by atoms with van der Waals surface area (Å²) in [7, 11) is 2.24.